The molecule has 0 saturated carbocycles. The van der Waals surface area contributed by atoms with Crippen LogP contribution in [0.3, 0.4) is 0 Å². The Hall–Kier alpha value is -1.02. The summed E-state index contributed by atoms with van der Waals surface area (Å²) < 4.78 is 0. The van der Waals surface area contributed by atoms with Gasteiger partial charge in [-0.1, -0.05) is 31.1 Å². The molecule has 0 spiro atoms. The molecule has 0 aromatic heterocycles. The number of allylic oxidation sites excluding steroid dienone is 4. The van der Waals surface area contributed by atoms with Crippen molar-refractivity contribution in [1.29, 1.82) is 0 Å². The van der Waals surface area contributed by atoms with E-state index < -0.39 is 0 Å². The van der Waals surface area contributed by atoms with Crippen molar-refractivity contribution in [1.82, 2.24) is 4.90 Å². The molecule has 1 atom stereocenters. The van der Waals surface area contributed by atoms with Crippen LogP contribution < -0.4 is 5.73 Å². The number of hydrogen-bond acceptors (Lipinski definition) is 2. The molecule has 0 bridgehead atoms. The van der Waals surface area contributed by atoms with E-state index in [1.807, 2.05) is 0 Å². The van der Waals surface area contributed by atoms with Crippen LogP contribution in [0.1, 0.15) is 53.9 Å². The number of rotatable bonds is 9. The van der Waals surface area contributed by atoms with Crippen LogP contribution in [-0.2, 0) is 0 Å². The lowest BCUT2D eigenvalue weighted by molar-refractivity contribution is 0.393. The molecule has 2 nitrogen and oxygen atoms in total. The summed E-state index contributed by atoms with van der Waals surface area (Å²) >= 11 is 0. The highest BCUT2D eigenvalue weighted by Crippen LogP contribution is 2.17. The molecule has 0 rings (SSSR count). The van der Waals surface area contributed by atoms with Crippen LogP contribution in [-0.4, -0.2) is 24.0 Å². The molecular weight excluding hydrogens is 232 g/mol. The first kappa shape index (κ1) is 18.0. The van der Waals surface area contributed by atoms with E-state index in [2.05, 4.69) is 63.8 Å². The van der Waals surface area contributed by atoms with Gasteiger partial charge in [-0.2, -0.15) is 0 Å². The number of nitrogens with two attached hydrogens (primary N) is 1. The smallest absolute Gasteiger partial charge is 0.0365 e. The van der Waals surface area contributed by atoms with Gasteiger partial charge in [-0.15, -0.1) is 0 Å². The molecule has 0 amide bonds. The van der Waals surface area contributed by atoms with Crippen molar-refractivity contribution in [2.45, 2.75) is 59.9 Å². The molecule has 0 aromatic carbocycles. The van der Waals surface area contributed by atoms with Crippen LogP contribution >= 0.6 is 0 Å². The standard InChI is InChI=1S/C17H32N2/c1-6-10-12-17(19(8-3)9-4)14-16(11-7-2)13-15(5)18/h6,10,12,14-15H,7-9,11,13,18H2,1-5H3/b10-6+,16-14+,17-12+. The van der Waals surface area contributed by atoms with E-state index >= 15 is 0 Å². The fourth-order valence-corrected chi connectivity index (χ4v) is 2.21. The van der Waals surface area contributed by atoms with Crippen molar-refractivity contribution in [3.05, 3.63) is 35.6 Å². The monoisotopic (exact) mass is 264 g/mol. The van der Waals surface area contributed by atoms with Gasteiger partial charge in [0.05, 0.1) is 0 Å². The van der Waals surface area contributed by atoms with Crippen molar-refractivity contribution in [2.75, 3.05) is 13.1 Å². The molecule has 0 saturated heterocycles. The van der Waals surface area contributed by atoms with Crippen LogP contribution in [0.5, 0.6) is 0 Å². The van der Waals surface area contributed by atoms with Crippen LogP contribution in [0, 0.1) is 0 Å². The Balaban J connectivity index is 5.20. The minimum Gasteiger partial charge on any atom is -0.372 e. The van der Waals surface area contributed by atoms with Gasteiger partial charge in [0.25, 0.3) is 0 Å². The van der Waals surface area contributed by atoms with Gasteiger partial charge in [0.2, 0.25) is 0 Å². The average Bonchev–Trinajstić information content (AvgIpc) is 2.36. The Morgan fingerprint density at radius 1 is 1.21 bits per heavy atom. The van der Waals surface area contributed by atoms with Gasteiger partial charge in [0.15, 0.2) is 0 Å². The Kier molecular flexibility index (Phi) is 10.3. The third-order valence-corrected chi connectivity index (χ3v) is 3.10. The minimum absolute atomic E-state index is 0.234. The first-order valence-corrected chi connectivity index (χ1v) is 7.61. The van der Waals surface area contributed by atoms with Gasteiger partial charge in [0.1, 0.15) is 0 Å². The van der Waals surface area contributed by atoms with Crippen LogP contribution in [0.2, 0.25) is 0 Å². The molecule has 19 heavy (non-hydrogen) atoms. The quantitative estimate of drug-likeness (QED) is 0.631. The number of likely N-dealkylation sites (N-methyl/N-ethyl adjacent to an activating group) is 1. The zero-order valence-electron chi connectivity index (χ0n) is 13.4. The summed E-state index contributed by atoms with van der Waals surface area (Å²) in [5.74, 6) is 0. The van der Waals surface area contributed by atoms with E-state index in [0.29, 0.717) is 0 Å². The molecule has 0 fully saturated rings. The lowest BCUT2D eigenvalue weighted by Gasteiger charge is -2.23. The second-order valence-corrected chi connectivity index (χ2v) is 5.02. The minimum atomic E-state index is 0.234. The molecule has 0 heterocycles. The van der Waals surface area contributed by atoms with E-state index in [1.165, 1.54) is 17.7 Å². The zero-order chi connectivity index (χ0) is 14.7. The topological polar surface area (TPSA) is 29.3 Å². The van der Waals surface area contributed by atoms with Crippen LogP contribution in [0.4, 0.5) is 0 Å². The van der Waals surface area contributed by atoms with E-state index in [9.17, 15) is 0 Å². The van der Waals surface area contributed by atoms with Crippen LogP contribution in [0.25, 0.3) is 0 Å². The fourth-order valence-electron chi connectivity index (χ4n) is 2.21. The summed E-state index contributed by atoms with van der Waals surface area (Å²) in [7, 11) is 0. The Labute approximate surface area is 120 Å². The normalized spacial score (nSPS) is 15.1. The second kappa shape index (κ2) is 10.9. The van der Waals surface area contributed by atoms with E-state index in [1.54, 1.807) is 0 Å². The molecule has 0 radical (unpaired) electrons. The Bertz CT molecular complexity index is 307. The number of hydrogen-bond donors (Lipinski definition) is 1. The largest absolute Gasteiger partial charge is 0.372 e. The van der Waals surface area contributed by atoms with E-state index in [0.717, 1.165) is 25.9 Å². The summed E-state index contributed by atoms with van der Waals surface area (Å²) in [5.41, 5.74) is 8.71. The van der Waals surface area contributed by atoms with Crippen molar-refractivity contribution < 1.29 is 0 Å². The predicted octanol–water partition coefficient (Wildman–Crippen LogP) is 4.25. The molecular formula is C17H32N2. The second-order valence-electron chi connectivity index (χ2n) is 5.02. The van der Waals surface area contributed by atoms with E-state index in [-0.39, 0.29) is 6.04 Å². The van der Waals surface area contributed by atoms with Crippen molar-refractivity contribution >= 4 is 0 Å². The van der Waals surface area contributed by atoms with Crippen molar-refractivity contribution in [2.24, 2.45) is 5.73 Å². The van der Waals surface area contributed by atoms with Gasteiger partial charge >= 0.3 is 0 Å². The predicted molar refractivity (Wildman–Crippen MR) is 87.1 cm³/mol. The maximum absolute atomic E-state index is 5.95. The molecule has 0 aliphatic carbocycles. The zero-order valence-corrected chi connectivity index (χ0v) is 13.4. The Morgan fingerprint density at radius 3 is 2.26 bits per heavy atom. The summed E-state index contributed by atoms with van der Waals surface area (Å²) in [4.78, 5) is 2.39. The lowest BCUT2D eigenvalue weighted by atomic mass is 10.0. The summed E-state index contributed by atoms with van der Waals surface area (Å²) in [5, 5.41) is 0. The molecule has 110 valence electrons. The van der Waals surface area contributed by atoms with Gasteiger partial charge in [0, 0.05) is 24.8 Å². The highest BCUT2D eigenvalue weighted by Gasteiger charge is 2.06. The molecule has 2 heteroatoms. The summed E-state index contributed by atoms with van der Waals surface area (Å²) in [6, 6.07) is 0.234. The fraction of sp³-hybridized carbons (Fsp3) is 0.647. The third-order valence-electron chi connectivity index (χ3n) is 3.10. The van der Waals surface area contributed by atoms with Crippen molar-refractivity contribution in [3.63, 3.8) is 0 Å². The highest BCUT2D eigenvalue weighted by atomic mass is 15.1. The maximum Gasteiger partial charge on any atom is 0.0365 e. The maximum atomic E-state index is 5.95. The SMILES string of the molecule is C/C=C/C=C(\C=C(/CCC)CC(C)N)N(CC)CC. The first-order chi connectivity index (χ1) is 9.08. The van der Waals surface area contributed by atoms with Gasteiger partial charge < -0.3 is 10.6 Å². The average molecular weight is 264 g/mol. The number of nitrogens with zero attached hydrogens (tertiary/aromatic N) is 1. The summed E-state index contributed by atoms with van der Waals surface area (Å²) in [6.45, 7) is 12.8. The molecule has 1 unspecified atom stereocenters. The Morgan fingerprint density at radius 2 is 1.84 bits per heavy atom. The van der Waals surface area contributed by atoms with E-state index in [4.69, 9.17) is 5.73 Å². The highest BCUT2D eigenvalue weighted by molar-refractivity contribution is 5.27. The molecule has 0 aromatic rings. The van der Waals surface area contributed by atoms with Crippen molar-refractivity contribution in [3.8, 4) is 0 Å². The van der Waals surface area contributed by atoms with Gasteiger partial charge in [-0.25, -0.2) is 0 Å². The summed E-state index contributed by atoms with van der Waals surface area (Å²) in [6.07, 6.45) is 12.0. The van der Waals surface area contributed by atoms with Gasteiger partial charge in [-0.3, -0.25) is 0 Å². The third kappa shape index (κ3) is 7.89. The molecule has 2 N–H and O–H groups in total. The molecule has 0 aliphatic rings. The lowest BCUT2D eigenvalue weighted by Crippen LogP contribution is -2.22. The molecule has 0 aliphatic heterocycles. The van der Waals surface area contributed by atoms with Crippen LogP contribution in [0.15, 0.2) is 35.6 Å². The first-order valence-electron chi connectivity index (χ1n) is 7.61. The van der Waals surface area contributed by atoms with Gasteiger partial charge in [-0.05, 0) is 52.7 Å².